The van der Waals surface area contributed by atoms with Crippen LogP contribution in [0.25, 0.3) is 0 Å². The Labute approximate surface area is 118 Å². The molecule has 0 spiro atoms. The van der Waals surface area contributed by atoms with E-state index in [-0.39, 0.29) is 11.5 Å². The van der Waals surface area contributed by atoms with Crippen LogP contribution in [0.3, 0.4) is 0 Å². The summed E-state index contributed by atoms with van der Waals surface area (Å²) in [6, 6.07) is 6.36. The van der Waals surface area contributed by atoms with Gasteiger partial charge in [-0.1, -0.05) is 19.1 Å². The molecule has 20 heavy (non-hydrogen) atoms. The van der Waals surface area contributed by atoms with Crippen LogP contribution in [-0.2, 0) is 0 Å². The average Bonchev–Trinajstić information content (AvgIpc) is 2.42. The van der Waals surface area contributed by atoms with Gasteiger partial charge < -0.3 is 0 Å². The maximum absolute atomic E-state index is 12.3. The van der Waals surface area contributed by atoms with Gasteiger partial charge in [-0.15, -0.1) is 0 Å². The number of carbonyl (C=O) groups excluding carboxylic acids is 1. The third-order valence-corrected chi connectivity index (χ3v) is 4.00. The Balaban J connectivity index is 2.05. The Morgan fingerprint density at radius 3 is 2.85 bits per heavy atom. The van der Waals surface area contributed by atoms with Crippen molar-refractivity contribution in [2.45, 2.75) is 32.7 Å². The Hall–Kier alpha value is -1.75. The molecule has 0 N–H and O–H groups in total. The SMILES string of the molecule is CC1CCN(CC(=O)c2cccc([N+](=O)[O-])c2)C(C)C1. The van der Waals surface area contributed by atoms with Crippen molar-refractivity contribution < 1.29 is 9.72 Å². The molecule has 1 aliphatic heterocycles. The summed E-state index contributed by atoms with van der Waals surface area (Å²) in [5, 5.41) is 10.7. The van der Waals surface area contributed by atoms with Gasteiger partial charge in [0.2, 0.25) is 0 Å². The van der Waals surface area contributed by atoms with Gasteiger partial charge in [-0.3, -0.25) is 19.8 Å². The minimum atomic E-state index is -0.470. The molecule has 5 heteroatoms. The number of ketones is 1. The van der Waals surface area contributed by atoms with Gasteiger partial charge in [0, 0.05) is 23.7 Å². The molecule has 1 aromatic carbocycles. The topological polar surface area (TPSA) is 63.5 Å². The quantitative estimate of drug-likeness (QED) is 0.482. The molecule has 1 aliphatic rings. The fourth-order valence-corrected chi connectivity index (χ4v) is 2.76. The van der Waals surface area contributed by atoms with Crippen LogP contribution in [0.2, 0.25) is 0 Å². The molecule has 108 valence electrons. The number of benzene rings is 1. The van der Waals surface area contributed by atoms with Crippen molar-refractivity contribution in [2.24, 2.45) is 5.92 Å². The standard InChI is InChI=1S/C15H20N2O3/c1-11-6-7-16(12(2)8-11)10-15(18)13-4-3-5-14(9-13)17(19)20/h3-5,9,11-12H,6-8,10H2,1-2H3. The van der Waals surface area contributed by atoms with Crippen LogP contribution in [0.1, 0.15) is 37.0 Å². The molecule has 0 bridgehead atoms. The van der Waals surface area contributed by atoms with Crippen LogP contribution in [0.4, 0.5) is 5.69 Å². The van der Waals surface area contributed by atoms with Gasteiger partial charge in [0.1, 0.15) is 0 Å². The summed E-state index contributed by atoms with van der Waals surface area (Å²) in [5.41, 5.74) is 0.390. The van der Waals surface area contributed by atoms with Crippen LogP contribution in [0, 0.1) is 16.0 Å². The molecule has 0 aliphatic carbocycles. The van der Waals surface area contributed by atoms with Crippen LogP contribution >= 0.6 is 0 Å². The first-order valence-corrected chi connectivity index (χ1v) is 6.99. The van der Waals surface area contributed by atoms with E-state index in [9.17, 15) is 14.9 Å². The molecule has 0 saturated carbocycles. The summed E-state index contributed by atoms with van der Waals surface area (Å²) in [7, 11) is 0. The van der Waals surface area contributed by atoms with Crippen LogP contribution in [-0.4, -0.2) is 34.7 Å². The van der Waals surface area contributed by atoms with Gasteiger partial charge in [0.05, 0.1) is 11.5 Å². The van der Waals surface area contributed by atoms with Crippen molar-refractivity contribution in [3.05, 3.63) is 39.9 Å². The van der Waals surface area contributed by atoms with Gasteiger partial charge in [0.25, 0.3) is 5.69 Å². The van der Waals surface area contributed by atoms with E-state index in [2.05, 4.69) is 18.7 Å². The molecule has 1 aromatic rings. The largest absolute Gasteiger partial charge is 0.293 e. The summed E-state index contributed by atoms with van der Waals surface area (Å²) in [6.07, 6.45) is 2.20. The highest BCUT2D eigenvalue weighted by Gasteiger charge is 2.25. The summed E-state index contributed by atoms with van der Waals surface area (Å²) in [4.78, 5) is 24.7. The Bertz CT molecular complexity index is 516. The number of nitro benzene ring substituents is 1. The van der Waals surface area contributed by atoms with Crippen molar-refractivity contribution in [1.82, 2.24) is 4.90 Å². The van der Waals surface area contributed by atoms with Gasteiger partial charge in [-0.2, -0.15) is 0 Å². The van der Waals surface area contributed by atoms with Gasteiger partial charge in [0.15, 0.2) is 5.78 Å². The zero-order chi connectivity index (χ0) is 14.7. The molecule has 2 atom stereocenters. The maximum Gasteiger partial charge on any atom is 0.270 e. The van der Waals surface area contributed by atoms with E-state index in [0.29, 0.717) is 24.1 Å². The van der Waals surface area contributed by atoms with E-state index in [1.807, 2.05) is 0 Å². The number of carbonyl (C=O) groups is 1. The molecule has 1 saturated heterocycles. The third kappa shape index (κ3) is 3.42. The zero-order valence-corrected chi connectivity index (χ0v) is 11.9. The van der Waals surface area contributed by atoms with Crippen LogP contribution in [0.5, 0.6) is 0 Å². The van der Waals surface area contributed by atoms with Crippen molar-refractivity contribution in [3.63, 3.8) is 0 Å². The molecular formula is C15H20N2O3. The smallest absolute Gasteiger partial charge is 0.270 e. The maximum atomic E-state index is 12.3. The lowest BCUT2D eigenvalue weighted by atomic mass is 9.93. The van der Waals surface area contributed by atoms with E-state index < -0.39 is 4.92 Å². The number of piperidine rings is 1. The van der Waals surface area contributed by atoms with Crippen molar-refractivity contribution >= 4 is 11.5 Å². The Morgan fingerprint density at radius 2 is 2.20 bits per heavy atom. The fourth-order valence-electron chi connectivity index (χ4n) is 2.76. The normalized spacial score (nSPS) is 23.5. The lowest BCUT2D eigenvalue weighted by molar-refractivity contribution is -0.384. The molecule has 1 heterocycles. The van der Waals surface area contributed by atoms with E-state index in [1.165, 1.54) is 12.1 Å². The second-order valence-electron chi connectivity index (χ2n) is 5.68. The van der Waals surface area contributed by atoms with E-state index >= 15 is 0 Å². The third-order valence-electron chi connectivity index (χ3n) is 4.00. The first-order chi connectivity index (χ1) is 9.47. The van der Waals surface area contributed by atoms with Crippen LogP contribution < -0.4 is 0 Å². The summed E-state index contributed by atoms with van der Waals surface area (Å²) in [5.74, 6) is 0.657. The number of Topliss-reactive ketones (excluding diaryl/α,β-unsaturated/α-hetero) is 1. The number of likely N-dealkylation sites (tertiary alicyclic amines) is 1. The molecule has 5 nitrogen and oxygen atoms in total. The molecule has 0 radical (unpaired) electrons. The number of non-ortho nitro benzene ring substituents is 1. The van der Waals surface area contributed by atoms with Crippen molar-refractivity contribution in [3.8, 4) is 0 Å². The average molecular weight is 276 g/mol. The number of rotatable bonds is 4. The minimum absolute atomic E-state index is 0.0313. The molecule has 1 fully saturated rings. The predicted molar refractivity (Wildman–Crippen MR) is 76.9 cm³/mol. The Kier molecular flexibility index (Phi) is 4.49. The lowest BCUT2D eigenvalue weighted by Gasteiger charge is -2.35. The van der Waals surface area contributed by atoms with Gasteiger partial charge in [-0.25, -0.2) is 0 Å². The molecule has 2 rings (SSSR count). The fraction of sp³-hybridized carbons (Fsp3) is 0.533. The second-order valence-corrected chi connectivity index (χ2v) is 5.68. The van der Waals surface area contributed by atoms with Crippen LogP contribution in [0.15, 0.2) is 24.3 Å². The summed E-state index contributed by atoms with van der Waals surface area (Å²) < 4.78 is 0. The molecule has 0 amide bonds. The first kappa shape index (κ1) is 14.7. The number of nitro groups is 1. The minimum Gasteiger partial charge on any atom is -0.293 e. The lowest BCUT2D eigenvalue weighted by Crippen LogP contribution is -2.43. The highest BCUT2D eigenvalue weighted by molar-refractivity contribution is 5.98. The Morgan fingerprint density at radius 1 is 1.45 bits per heavy atom. The number of hydrogen-bond acceptors (Lipinski definition) is 4. The van der Waals surface area contributed by atoms with Gasteiger partial charge in [-0.05, 0) is 32.2 Å². The predicted octanol–water partition coefficient (Wildman–Crippen LogP) is 2.90. The van der Waals surface area contributed by atoms with Crippen molar-refractivity contribution in [1.29, 1.82) is 0 Å². The van der Waals surface area contributed by atoms with E-state index in [1.54, 1.807) is 12.1 Å². The number of hydrogen-bond donors (Lipinski definition) is 0. The molecule has 2 unspecified atom stereocenters. The zero-order valence-electron chi connectivity index (χ0n) is 11.9. The first-order valence-electron chi connectivity index (χ1n) is 6.99. The number of nitrogens with zero attached hydrogens (tertiary/aromatic N) is 2. The highest BCUT2D eigenvalue weighted by Crippen LogP contribution is 2.22. The summed E-state index contributed by atoms with van der Waals surface area (Å²) in [6.45, 7) is 5.63. The molecule has 0 aromatic heterocycles. The van der Waals surface area contributed by atoms with Gasteiger partial charge >= 0.3 is 0 Å². The van der Waals surface area contributed by atoms with E-state index in [0.717, 1.165) is 19.4 Å². The summed E-state index contributed by atoms with van der Waals surface area (Å²) >= 11 is 0. The monoisotopic (exact) mass is 276 g/mol. The second kappa shape index (κ2) is 6.13. The van der Waals surface area contributed by atoms with E-state index in [4.69, 9.17) is 0 Å². The molecular weight excluding hydrogens is 256 g/mol. The van der Waals surface area contributed by atoms with Crippen molar-refractivity contribution in [2.75, 3.05) is 13.1 Å². The highest BCUT2D eigenvalue weighted by atomic mass is 16.6.